The number of alkyl halides is 2. The van der Waals surface area contributed by atoms with Gasteiger partial charge in [-0.3, -0.25) is 0 Å². The van der Waals surface area contributed by atoms with Gasteiger partial charge in [0.05, 0.1) is 11.6 Å². The van der Waals surface area contributed by atoms with Crippen molar-refractivity contribution in [2.75, 3.05) is 0 Å². The van der Waals surface area contributed by atoms with Gasteiger partial charge in [-0.05, 0) is 42.4 Å². The molecule has 1 heterocycles. The largest absolute Gasteiger partial charge is 0.457 e. The van der Waals surface area contributed by atoms with E-state index < -0.39 is 17.2 Å². The van der Waals surface area contributed by atoms with Gasteiger partial charge in [-0.1, -0.05) is 6.07 Å². The number of hydrogen-bond acceptors (Lipinski definition) is 4. The van der Waals surface area contributed by atoms with E-state index in [-0.39, 0.29) is 39.3 Å². The molecule has 0 saturated carbocycles. The third kappa shape index (κ3) is 2.76. The van der Waals surface area contributed by atoms with E-state index in [4.69, 9.17) is 10.00 Å². The Bertz CT molecular complexity index is 833. The van der Waals surface area contributed by atoms with Gasteiger partial charge in [0.2, 0.25) is 0 Å². The van der Waals surface area contributed by atoms with E-state index in [0.29, 0.717) is 5.56 Å². The standard InChI is InChI=1S/C16H10F3NO2S/c1-8-2-3-12(13-14(8)23-16(18,19)15(13)21)22-11-5-9(7-20)4-10(17)6-11/h2-6,15,21H,1H3. The third-order valence-corrected chi connectivity index (χ3v) is 4.65. The van der Waals surface area contributed by atoms with E-state index in [1.165, 1.54) is 12.1 Å². The Morgan fingerprint density at radius 1 is 1.30 bits per heavy atom. The molecule has 3 rings (SSSR count). The zero-order valence-corrected chi connectivity index (χ0v) is 12.6. The maximum atomic E-state index is 13.8. The van der Waals surface area contributed by atoms with Crippen LogP contribution in [0.25, 0.3) is 0 Å². The van der Waals surface area contributed by atoms with Crippen LogP contribution in [0.3, 0.4) is 0 Å². The van der Waals surface area contributed by atoms with Crippen molar-refractivity contribution in [3.8, 4) is 17.6 Å². The summed E-state index contributed by atoms with van der Waals surface area (Å²) in [6, 6.07) is 8.18. The smallest absolute Gasteiger partial charge is 0.327 e. The predicted molar refractivity (Wildman–Crippen MR) is 78.1 cm³/mol. The Hall–Kier alpha value is -2.17. The van der Waals surface area contributed by atoms with E-state index >= 15 is 0 Å². The first-order valence-electron chi connectivity index (χ1n) is 6.59. The number of fused-ring (bicyclic) bond motifs is 1. The summed E-state index contributed by atoms with van der Waals surface area (Å²) in [5, 5.41) is 15.4. The highest BCUT2D eigenvalue weighted by atomic mass is 32.2. The summed E-state index contributed by atoms with van der Waals surface area (Å²) in [7, 11) is 0. The molecule has 2 aromatic carbocycles. The number of ether oxygens (including phenoxy) is 1. The molecular weight excluding hydrogens is 327 g/mol. The highest BCUT2D eigenvalue weighted by Crippen LogP contribution is 2.57. The lowest BCUT2D eigenvalue weighted by atomic mass is 10.1. The number of nitriles is 1. The summed E-state index contributed by atoms with van der Waals surface area (Å²) in [5.41, 5.74) is 0.609. The summed E-state index contributed by atoms with van der Waals surface area (Å²) < 4.78 is 46.4. The van der Waals surface area contributed by atoms with Crippen molar-refractivity contribution in [1.82, 2.24) is 0 Å². The number of rotatable bonds is 2. The van der Waals surface area contributed by atoms with Gasteiger partial charge in [0.1, 0.15) is 17.3 Å². The predicted octanol–water partition coefficient (Wildman–Crippen LogP) is 4.53. The molecule has 0 aromatic heterocycles. The van der Waals surface area contributed by atoms with E-state index in [1.54, 1.807) is 19.1 Å². The summed E-state index contributed by atoms with van der Waals surface area (Å²) in [6.45, 7) is 1.65. The summed E-state index contributed by atoms with van der Waals surface area (Å²) in [6.07, 6.45) is -2.01. The van der Waals surface area contributed by atoms with Crippen molar-refractivity contribution in [2.24, 2.45) is 0 Å². The second-order valence-corrected chi connectivity index (χ2v) is 6.24. The van der Waals surface area contributed by atoms with Crippen LogP contribution in [0.4, 0.5) is 13.2 Å². The van der Waals surface area contributed by atoms with E-state index in [9.17, 15) is 18.3 Å². The Kier molecular flexibility index (Phi) is 3.74. The number of nitrogens with zero attached hydrogens (tertiary/aromatic N) is 1. The molecule has 1 aliphatic heterocycles. The minimum absolute atomic E-state index is 0.0000180. The summed E-state index contributed by atoms with van der Waals surface area (Å²) in [4.78, 5) is 0.247. The molecule has 0 amide bonds. The van der Waals surface area contributed by atoms with Crippen LogP contribution in [0.15, 0.2) is 35.2 Å². The van der Waals surface area contributed by atoms with Gasteiger partial charge in [0.15, 0.2) is 6.10 Å². The number of aliphatic hydroxyl groups excluding tert-OH is 1. The Morgan fingerprint density at radius 3 is 2.74 bits per heavy atom. The molecule has 0 saturated heterocycles. The maximum absolute atomic E-state index is 13.8. The van der Waals surface area contributed by atoms with Crippen molar-refractivity contribution >= 4 is 11.8 Å². The van der Waals surface area contributed by atoms with Crippen LogP contribution in [0.2, 0.25) is 0 Å². The number of aliphatic hydroxyl groups is 1. The molecule has 1 aliphatic rings. The monoisotopic (exact) mass is 337 g/mol. The number of thioether (sulfide) groups is 1. The van der Waals surface area contributed by atoms with E-state index in [1.807, 2.05) is 0 Å². The zero-order chi connectivity index (χ0) is 16.8. The summed E-state index contributed by atoms with van der Waals surface area (Å²) in [5.74, 6) is -0.666. The van der Waals surface area contributed by atoms with E-state index in [2.05, 4.69) is 0 Å². The van der Waals surface area contributed by atoms with Crippen molar-refractivity contribution < 1.29 is 23.0 Å². The Morgan fingerprint density at radius 2 is 2.04 bits per heavy atom. The van der Waals surface area contributed by atoms with Crippen molar-refractivity contribution in [1.29, 1.82) is 5.26 Å². The molecule has 1 unspecified atom stereocenters. The molecule has 23 heavy (non-hydrogen) atoms. The molecule has 1 atom stereocenters. The van der Waals surface area contributed by atoms with Gasteiger partial charge in [-0.2, -0.15) is 14.0 Å². The van der Waals surface area contributed by atoms with Gasteiger partial charge in [0.25, 0.3) is 0 Å². The molecule has 0 fully saturated rings. The molecule has 0 bridgehead atoms. The number of aryl methyl sites for hydroxylation is 1. The summed E-state index contributed by atoms with van der Waals surface area (Å²) >= 11 is 0.274. The number of benzene rings is 2. The van der Waals surface area contributed by atoms with Gasteiger partial charge in [-0.15, -0.1) is 0 Å². The van der Waals surface area contributed by atoms with Crippen LogP contribution in [-0.2, 0) is 0 Å². The van der Waals surface area contributed by atoms with Crippen LogP contribution in [0.1, 0.15) is 22.8 Å². The average molecular weight is 337 g/mol. The molecule has 0 radical (unpaired) electrons. The van der Waals surface area contributed by atoms with Gasteiger partial charge >= 0.3 is 5.25 Å². The van der Waals surface area contributed by atoms with Crippen LogP contribution in [0, 0.1) is 24.1 Å². The second-order valence-electron chi connectivity index (χ2n) is 5.08. The van der Waals surface area contributed by atoms with Gasteiger partial charge in [0, 0.05) is 16.5 Å². The molecular formula is C16H10F3NO2S. The van der Waals surface area contributed by atoms with Gasteiger partial charge in [-0.25, -0.2) is 4.39 Å². The SMILES string of the molecule is Cc1ccc(Oc2cc(F)cc(C#N)c2)c2c1SC(F)(F)C2O. The Balaban J connectivity index is 2.06. The van der Waals surface area contributed by atoms with E-state index in [0.717, 1.165) is 12.1 Å². The first-order chi connectivity index (χ1) is 10.8. The minimum Gasteiger partial charge on any atom is -0.457 e. The fourth-order valence-electron chi connectivity index (χ4n) is 2.35. The maximum Gasteiger partial charge on any atom is 0.327 e. The van der Waals surface area contributed by atoms with Crippen LogP contribution < -0.4 is 4.74 Å². The van der Waals surface area contributed by atoms with Gasteiger partial charge < -0.3 is 9.84 Å². The lowest BCUT2D eigenvalue weighted by Gasteiger charge is -2.15. The van der Waals surface area contributed by atoms with Crippen molar-refractivity contribution in [3.05, 3.63) is 52.8 Å². The molecule has 0 aliphatic carbocycles. The lowest BCUT2D eigenvalue weighted by molar-refractivity contribution is -0.0318. The van der Waals surface area contributed by atoms with Crippen LogP contribution in [-0.4, -0.2) is 10.4 Å². The van der Waals surface area contributed by atoms with Crippen molar-refractivity contribution in [2.45, 2.75) is 23.2 Å². The molecule has 2 aromatic rings. The highest BCUT2D eigenvalue weighted by molar-refractivity contribution is 8.00. The molecule has 118 valence electrons. The Labute approximate surface area is 134 Å². The fourth-order valence-corrected chi connectivity index (χ4v) is 3.40. The fraction of sp³-hybridized carbons (Fsp3) is 0.188. The zero-order valence-electron chi connectivity index (χ0n) is 11.8. The number of hydrogen-bond donors (Lipinski definition) is 1. The lowest BCUT2D eigenvalue weighted by Crippen LogP contribution is -2.16. The molecule has 3 nitrogen and oxygen atoms in total. The van der Waals surface area contributed by atoms with Crippen LogP contribution >= 0.6 is 11.8 Å². The molecule has 1 N–H and O–H groups in total. The third-order valence-electron chi connectivity index (χ3n) is 3.41. The first kappa shape index (κ1) is 15.7. The number of halogens is 3. The topological polar surface area (TPSA) is 53.2 Å². The molecule has 0 spiro atoms. The quantitative estimate of drug-likeness (QED) is 0.875. The van der Waals surface area contributed by atoms with Crippen molar-refractivity contribution in [3.63, 3.8) is 0 Å². The normalized spacial score (nSPS) is 18.3. The minimum atomic E-state index is -3.35. The second kappa shape index (κ2) is 5.48. The molecule has 7 heteroatoms. The highest BCUT2D eigenvalue weighted by Gasteiger charge is 2.50. The first-order valence-corrected chi connectivity index (χ1v) is 7.40. The average Bonchev–Trinajstić information content (AvgIpc) is 2.73. The van der Waals surface area contributed by atoms with Crippen LogP contribution in [0.5, 0.6) is 11.5 Å².